The standard InChI is InChI=1S/C13H20N2O5S.ClH/c1-9-11(7-10(20-9)12(16)19-2)21(17,18)15-13(8-14)5-3-4-6-13;/h7,15H,3-6,8,14H2,1-2H3;1H. The minimum absolute atomic E-state index is 0. The monoisotopic (exact) mass is 352 g/mol. The average molecular weight is 353 g/mol. The van der Waals surface area contributed by atoms with Crippen molar-refractivity contribution in [3.05, 3.63) is 17.6 Å². The van der Waals surface area contributed by atoms with Gasteiger partial charge in [0.1, 0.15) is 10.7 Å². The van der Waals surface area contributed by atoms with Gasteiger partial charge in [-0.15, -0.1) is 12.4 Å². The number of ether oxygens (including phenoxy) is 1. The lowest BCUT2D eigenvalue weighted by Crippen LogP contribution is -2.51. The molecule has 0 amide bonds. The molecular weight excluding hydrogens is 332 g/mol. The van der Waals surface area contributed by atoms with Crippen LogP contribution in [0.3, 0.4) is 0 Å². The second kappa shape index (κ2) is 6.99. The molecule has 0 unspecified atom stereocenters. The first-order valence-electron chi connectivity index (χ1n) is 6.76. The number of carbonyl (C=O) groups is 1. The average Bonchev–Trinajstić information content (AvgIpc) is 3.05. The maximum absolute atomic E-state index is 12.5. The number of methoxy groups -OCH3 is 1. The molecule has 9 heteroatoms. The Labute approximate surface area is 136 Å². The molecular formula is C13H21ClN2O5S. The summed E-state index contributed by atoms with van der Waals surface area (Å²) in [6.07, 6.45) is 3.31. The molecule has 0 spiro atoms. The van der Waals surface area contributed by atoms with Crippen LogP contribution in [0.1, 0.15) is 42.0 Å². The molecule has 1 aromatic rings. The Balaban J connectivity index is 0.00000242. The number of carbonyl (C=O) groups excluding carboxylic acids is 1. The number of nitrogens with two attached hydrogens (primary N) is 1. The van der Waals surface area contributed by atoms with Crippen molar-refractivity contribution in [2.75, 3.05) is 13.7 Å². The van der Waals surface area contributed by atoms with E-state index < -0.39 is 21.5 Å². The van der Waals surface area contributed by atoms with E-state index in [2.05, 4.69) is 9.46 Å². The summed E-state index contributed by atoms with van der Waals surface area (Å²) >= 11 is 0. The summed E-state index contributed by atoms with van der Waals surface area (Å²) in [6.45, 7) is 1.73. The zero-order valence-electron chi connectivity index (χ0n) is 12.5. The van der Waals surface area contributed by atoms with Crippen LogP contribution in [0.2, 0.25) is 0 Å². The normalized spacial score (nSPS) is 17.0. The van der Waals surface area contributed by atoms with E-state index in [1.165, 1.54) is 20.1 Å². The molecule has 1 aromatic heterocycles. The van der Waals surface area contributed by atoms with Crippen LogP contribution in [-0.4, -0.2) is 33.6 Å². The highest BCUT2D eigenvalue weighted by Crippen LogP contribution is 2.31. The first-order chi connectivity index (χ1) is 9.83. The molecule has 0 aliphatic heterocycles. The molecule has 0 bridgehead atoms. The number of nitrogens with one attached hydrogen (secondary N) is 1. The molecule has 0 atom stereocenters. The van der Waals surface area contributed by atoms with Gasteiger partial charge in [-0.2, -0.15) is 0 Å². The van der Waals surface area contributed by atoms with Crippen LogP contribution in [0.4, 0.5) is 0 Å². The Morgan fingerprint density at radius 1 is 1.45 bits per heavy atom. The number of sulfonamides is 1. The third-order valence-corrected chi connectivity index (χ3v) is 5.54. The number of hydrogen-bond acceptors (Lipinski definition) is 6. The van der Waals surface area contributed by atoms with Crippen molar-refractivity contribution in [2.45, 2.75) is 43.0 Å². The molecule has 1 fully saturated rings. The Morgan fingerprint density at radius 2 is 2.05 bits per heavy atom. The van der Waals surface area contributed by atoms with E-state index in [1.54, 1.807) is 0 Å². The van der Waals surface area contributed by atoms with Gasteiger partial charge in [-0.1, -0.05) is 12.8 Å². The molecule has 1 saturated carbocycles. The van der Waals surface area contributed by atoms with Crippen LogP contribution in [-0.2, 0) is 14.8 Å². The minimum Gasteiger partial charge on any atom is -0.463 e. The van der Waals surface area contributed by atoms with E-state index >= 15 is 0 Å². The largest absolute Gasteiger partial charge is 0.463 e. The van der Waals surface area contributed by atoms with Crippen molar-refractivity contribution in [2.24, 2.45) is 5.73 Å². The fourth-order valence-electron chi connectivity index (χ4n) is 2.67. The Kier molecular flexibility index (Phi) is 6.03. The quantitative estimate of drug-likeness (QED) is 0.773. The van der Waals surface area contributed by atoms with Crippen LogP contribution in [0.25, 0.3) is 0 Å². The van der Waals surface area contributed by atoms with E-state index in [4.69, 9.17) is 10.2 Å². The zero-order valence-corrected chi connectivity index (χ0v) is 14.2. The van der Waals surface area contributed by atoms with Gasteiger partial charge in [0.2, 0.25) is 15.8 Å². The maximum Gasteiger partial charge on any atom is 0.373 e. The van der Waals surface area contributed by atoms with Crippen molar-refractivity contribution >= 4 is 28.4 Å². The fourth-order valence-corrected chi connectivity index (χ4v) is 4.32. The number of rotatable bonds is 5. The van der Waals surface area contributed by atoms with Gasteiger partial charge in [0.25, 0.3) is 0 Å². The number of halogens is 1. The minimum atomic E-state index is -3.80. The molecule has 7 nitrogen and oxygen atoms in total. The summed E-state index contributed by atoms with van der Waals surface area (Å²) in [5.74, 6) is -0.703. The van der Waals surface area contributed by atoms with E-state index in [0.29, 0.717) is 12.8 Å². The first-order valence-corrected chi connectivity index (χ1v) is 8.25. The van der Waals surface area contributed by atoms with E-state index in [1.807, 2.05) is 0 Å². The predicted molar refractivity (Wildman–Crippen MR) is 82.6 cm³/mol. The summed E-state index contributed by atoms with van der Waals surface area (Å²) in [7, 11) is -2.59. The van der Waals surface area contributed by atoms with E-state index in [0.717, 1.165) is 12.8 Å². The van der Waals surface area contributed by atoms with Gasteiger partial charge in [0.15, 0.2) is 0 Å². The number of esters is 1. The molecule has 3 N–H and O–H groups in total. The van der Waals surface area contributed by atoms with Crippen molar-refractivity contribution in [3.63, 3.8) is 0 Å². The number of hydrogen-bond donors (Lipinski definition) is 2. The maximum atomic E-state index is 12.5. The van der Waals surface area contributed by atoms with Gasteiger partial charge in [0, 0.05) is 18.2 Å². The van der Waals surface area contributed by atoms with Gasteiger partial charge in [-0.3, -0.25) is 0 Å². The summed E-state index contributed by atoms with van der Waals surface area (Å²) in [5.41, 5.74) is 5.14. The molecule has 1 aliphatic carbocycles. The molecule has 126 valence electrons. The van der Waals surface area contributed by atoms with E-state index in [-0.39, 0.29) is 35.4 Å². The lowest BCUT2D eigenvalue weighted by atomic mass is 10.0. The van der Waals surface area contributed by atoms with Crippen LogP contribution in [0, 0.1) is 6.92 Å². The third kappa shape index (κ3) is 3.62. The lowest BCUT2D eigenvalue weighted by Gasteiger charge is -2.28. The van der Waals surface area contributed by atoms with Gasteiger partial charge in [-0.25, -0.2) is 17.9 Å². The van der Waals surface area contributed by atoms with Gasteiger partial charge < -0.3 is 14.9 Å². The smallest absolute Gasteiger partial charge is 0.373 e. The predicted octanol–water partition coefficient (Wildman–Crippen LogP) is 1.35. The second-order valence-corrected chi connectivity index (χ2v) is 6.97. The van der Waals surface area contributed by atoms with Crippen molar-refractivity contribution in [1.82, 2.24) is 4.72 Å². The highest BCUT2D eigenvalue weighted by Gasteiger charge is 2.38. The molecule has 1 aliphatic rings. The van der Waals surface area contributed by atoms with Gasteiger partial charge in [-0.05, 0) is 19.8 Å². The second-order valence-electron chi connectivity index (χ2n) is 5.32. The zero-order chi connectivity index (χ0) is 15.7. The molecule has 1 heterocycles. The Hall–Kier alpha value is -1.09. The summed E-state index contributed by atoms with van der Waals surface area (Å²) < 4.78 is 37.4. The fraction of sp³-hybridized carbons (Fsp3) is 0.615. The molecule has 0 aromatic carbocycles. The first kappa shape index (κ1) is 19.0. The van der Waals surface area contributed by atoms with Crippen molar-refractivity contribution < 1.29 is 22.4 Å². The highest BCUT2D eigenvalue weighted by molar-refractivity contribution is 7.89. The van der Waals surface area contributed by atoms with Gasteiger partial charge >= 0.3 is 5.97 Å². The topological polar surface area (TPSA) is 112 Å². The van der Waals surface area contributed by atoms with Crippen molar-refractivity contribution in [1.29, 1.82) is 0 Å². The van der Waals surface area contributed by atoms with Crippen LogP contribution in [0.5, 0.6) is 0 Å². The van der Waals surface area contributed by atoms with Crippen LogP contribution in [0.15, 0.2) is 15.4 Å². The lowest BCUT2D eigenvalue weighted by molar-refractivity contribution is 0.0563. The Bertz CT molecular complexity index is 635. The molecule has 2 rings (SSSR count). The summed E-state index contributed by atoms with van der Waals surface area (Å²) in [6, 6.07) is 1.18. The van der Waals surface area contributed by atoms with Crippen molar-refractivity contribution in [3.8, 4) is 0 Å². The highest BCUT2D eigenvalue weighted by atomic mass is 35.5. The molecule has 0 saturated heterocycles. The molecule has 0 radical (unpaired) electrons. The Morgan fingerprint density at radius 3 is 2.55 bits per heavy atom. The summed E-state index contributed by atoms with van der Waals surface area (Å²) in [4.78, 5) is 11.4. The SMILES string of the molecule is COC(=O)c1cc(S(=O)(=O)NC2(CN)CCCC2)c(C)o1.Cl. The van der Waals surface area contributed by atoms with Gasteiger partial charge in [0.05, 0.1) is 7.11 Å². The molecule has 22 heavy (non-hydrogen) atoms. The third-order valence-electron chi connectivity index (χ3n) is 3.85. The van der Waals surface area contributed by atoms with Crippen LogP contribution < -0.4 is 10.5 Å². The summed E-state index contributed by atoms with van der Waals surface area (Å²) in [5, 5.41) is 0. The van der Waals surface area contributed by atoms with Crippen LogP contribution >= 0.6 is 12.4 Å². The number of aryl methyl sites for hydroxylation is 1. The number of furan rings is 1. The van der Waals surface area contributed by atoms with E-state index in [9.17, 15) is 13.2 Å².